The molecule has 3 aromatic rings. The molecular weight excluding hydrogens is 480 g/mol. The molecular formula is C28H27ClN2O5. The fourth-order valence-electron chi connectivity index (χ4n) is 4.60. The van der Waals surface area contributed by atoms with Gasteiger partial charge in [-0.25, -0.2) is 0 Å². The third-order valence-corrected chi connectivity index (χ3v) is 6.78. The lowest BCUT2D eigenvalue weighted by Crippen LogP contribution is -2.46. The summed E-state index contributed by atoms with van der Waals surface area (Å²) in [5.41, 5.74) is 2.91. The molecule has 0 aromatic heterocycles. The normalized spacial score (nSPS) is 16.7. The summed E-state index contributed by atoms with van der Waals surface area (Å²) < 4.78 is 16.7. The largest absolute Gasteiger partial charge is 0.507 e. The smallest absolute Gasteiger partial charge is 0.231 e. The molecule has 186 valence electrons. The van der Waals surface area contributed by atoms with Crippen molar-refractivity contribution in [1.29, 1.82) is 0 Å². The Balaban J connectivity index is 1.33. The molecule has 0 unspecified atom stereocenters. The third kappa shape index (κ3) is 4.72. The van der Waals surface area contributed by atoms with Crippen LogP contribution >= 0.6 is 11.6 Å². The molecule has 36 heavy (non-hydrogen) atoms. The van der Waals surface area contributed by atoms with E-state index in [0.29, 0.717) is 34.9 Å². The summed E-state index contributed by atoms with van der Waals surface area (Å²) >= 11 is 6.15. The van der Waals surface area contributed by atoms with E-state index >= 15 is 0 Å². The molecule has 0 bridgehead atoms. The fourth-order valence-corrected chi connectivity index (χ4v) is 4.79. The van der Waals surface area contributed by atoms with Gasteiger partial charge < -0.3 is 24.2 Å². The van der Waals surface area contributed by atoms with Crippen molar-refractivity contribution in [2.24, 2.45) is 0 Å². The lowest BCUT2D eigenvalue weighted by Gasteiger charge is -2.36. The van der Waals surface area contributed by atoms with Crippen LogP contribution in [0.4, 0.5) is 5.69 Å². The quantitative estimate of drug-likeness (QED) is 0.472. The minimum Gasteiger partial charge on any atom is -0.507 e. The number of rotatable bonds is 6. The highest BCUT2D eigenvalue weighted by Crippen LogP contribution is 2.40. The van der Waals surface area contributed by atoms with E-state index in [1.54, 1.807) is 44.6 Å². The van der Waals surface area contributed by atoms with Crippen LogP contribution in [0.15, 0.2) is 60.4 Å². The van der Waals surface area contributed by atoms with Crippen molar-refractivity contribution in [2.45, 2.75) is 6.54 Å². The molecule has 1 saturated heterocycles. The number of hydrogen-bond donors (Lipinski definition) is 1. The predicted octanol–water partition coefficient (Wildman–Crippen LogP) is 5.00. The van der Waals surface area contributed by atoms with Gasteiger partial charge in [-0.3, -0.25) is 9.69 Å². The number of carbonyl (C=O) groups is 1. The van der Waals surface area contributed by atoms with Crippen molar-refractivity contribution in [2.75, 3.05) is 45.3 Å². The molecule has 0 amide bonds. The number of anilines is 1. The summed E-state index contributed by atoms with van der Waals surface area (Å²) in [6.07, 6.45) is 1.68. The number of benzene rings is 3. The van der Waals surface area contributed by atoms with Crippen LogP contribution in [0, 0.1) is 0 Å². The van der Waals surface area contributed by atoms with E-state index in [9.17, 15) is 9.90 Å². The Kier molecular flexibility index (Phi) is 6.76. The molecule has 7 nitrogen and oxygen atoms in total. The first-order valence-electron chi connectivity index (χ1n) is 11.7. The molecule has 0 atom stereocenters. The van der Waals surface area contributed by atoms with Crippen molar-refractivity contribution >= 4 is 29.1 Å². The maximum absolute atomic E-state index is 13.1. The summed E-state index contributed by atoms with van der Waals surface area (Å²) in [5.74, 6) is 1.69. The minimum atomic E-state index is -0.216. The van der Waals surface area contributed by atoms with Crippen LogP contribution in [0.2, 0.25) is 5.02 Å². The number of allylic oxidation sites excluding steroid dienone is 1. The predicted molar refractivity (Wildman–Crippen MR) is 140 cm³/mol. The molecule has 0 radical (unpaired) electrons. The lowest BCUT2D eigenvalue weighted by atomic mass is 10.0. The Hall–Kier alpha value is -3.68. The Bertz CT molecular complexity index is 1330. The lowest BCUT2D eigenvalue weighted by molar-refractivity contribution is 0.101. The molecule has 5 rings (SSSR count). The Morgan fingerprint density at radius 3 is 2.50 bits per heavy atom. The first kappa shape index (κ1) is 24.0. The number of phenolic OH excluding ortho intramolecular Hbond substituents is 1. The summed E-state index contributed by atoms with van der Waals surface area (Å²) in [5, 5.41) is 11.4. The van der Waals surface area contributed by atoms with Crippen molar-refractivity contribution in [3.63, 3.8) is 0 Å². The van der Waals surface area contributed by atoms with Crippen LogP contribution in [-0.2, 0) is 6.54 Å². The maximum Gasteiger partial charge on any atom is 0.231 e. The second-order valence-corrected chi connectivity index (χ2v) is 9.17. The van der Waals surface area contributed by atoms with Gasteiger partial charge in [-0.05, 0) is 54.1 Å². The van der Waals surface area contributed by atoms with Crippen LogP contribution in [0.1, 0.15) is 21.5 Å². The highest BCUT2D eigenvalue weighted by Gasteiger charge is 2.32. The van der Waals surface area contributed by atoms with Gasteiger partial charge in [-0.2, -0.15) is 0 Å². The highest BCUT2D eigenvalue weighted by atomic mass is 35.5. The number of halogens is 1. The van der Waals surface area contributed by atoms with Gasteiger partial charge in [0.05, 0.1) is 25.3 Å². The molecule has 1 N–H and O–H groups in total. The number of ether oxygens (including phenoxy) is 3. The Labute approximate surface area is 215 Å². The van der Waals surface area contributed by atoms with Crippen molar-refractivity contribution in [3.05, 3.63) is 82.1 Å². The Morgan fingerprint density at radius 2 is 1.78 bits per heavy atom. The van der Waals surface area contributed by atoms with Gasteiger partial charge in [0.25, 0.3) is 0 Å². The van der Waals surface area contributed by atoms with E-state index < -0.39 is 0 Å². The van der Waals surface area contributed by atoms with Crippen molar-refractivity contribution in [3.8, 4) is 23.0 Å². The van der Waals surface area contributed by atoms with E-state index in [1.807, 2.05) is 24.3 Å². The minimum absolute atomic E-state index is 0.117. The van der Waals surface area contributed by atoms with Crippen LogP contribution < -0.4 is 19.1 Å². The number of aromatic hydroxyl groups is 1. The van der Waals surface area contributed by atoms with E-state index in [2.05, 4.69) is 15.9 Å². The van der Waals surface area contributed by atoms with E-state index in [-0.39, 0.29) is 17.3 Å². The second kappa shape index (κ2) is 10.1. The number of fused-ring (bicyclic) bond motifs is 1. The van der Waals surface area contributed by atoms with E-state index in [1.165, 1.54) is 0 Å². The molecule has 2 aliphatic heterocycles. The molecule has 0 aliphatic carbocycles. The number of methoxy groups -OCH3 is 2. The number of phenols is 1. The maximum atomic E-state index is 13.1. The van der Waals surface area contributed by atoms with Crippen LogP contribution in [0.3, 0.4) is 0 Å². The van der Waals surface area contributed by atoms with E-state index in [4.69, 9.17) is 25.8 Å². The van der Waals surface area contributed by atoms with Gasteiger partial charge in [0.2, 0.25) is 5.78 Å². The SMILES string of the molecule is COc1ccc(/C=C2\Oc3c(ccc(O)c3CN3CCN(c4cccc(Cl)c4)CC3)C2=O)cc1OC. The zero-order valence-corrected chi connectivity index (χ0v) is 20.9. The van der Waals surface area contributed by atoms with Crippen LogP contribution in [0.5, 0.6) is 23.0 Å². The monoisotopic (exact) mass is 506 g/mol. The number of carbonyl (C=O) groups excluding carboxylic acids is 1. The third-order valence-electron chi connectivity index (χ3n) is 6.55. The van der Waals surface area contributed by atoms with Crippen molar-refractivity contribution < 1.29 is 24.1 Å². The summed E-state index contributed by atoms with van der Waals surface area (Å²) in [4.78, 5) is 17.6. The zero-order valence-electron chi connectivity index (χ0n) is 20.2. The summed E-state index contributed by atoms with van der Waals surface area (Å²) in [6.45, 7) is 3.76. The molecule has 8 heteroatoms. The molecule has 0 saturated carbocycles. The van der Waals surface area contributed by atoms with Gasteiger partial charge in [-0.1, -0.05) is 23.7 Å². The molecule has 1 fully saturated rings. The van der Waals surface area contributed by atoms with Gasteiger partial charge in [0.1, 0.15) is 11.5 Å². The first-order valence-corrected chi connectivity index (χ1v) is 12.1. The van der Waals surface area contributed by atoms with Crippen molar-refractivity contribution in [1.82, 2.24) is 4.90 Å². The molecule has 3 aromatic carbocycles. The number of hydrogen-bond acceptors (Lipinski definition) is 7. The van der Waals surface area contributed by atoms with Crippen LogP contribution in [-0.4, -0.2) is 56.2 Å². The zero-order chi connectivity index (χ0) is 25.2. The van der Waals surface area contributed by atoms with Gasteiger partial charge in [0.15, 0.2) is 17.3 Å². The van der Waals surface area contributed by atoms with Gasteiger partial charge in [0, 0.05) is 43.4 Å². The average Bonchev–Trinajstić information content (AvgIpc) is 3.21. The fraction of sp³-hybridized carbons (Fsp3) is 0.250. The number of piperazine rings is 1. The van der Waals surface area contributed by atoms with Gasteiger partial charge >= 0.3 is 0 Å². The topological polar surface area (TPSA) is 71.5 Å². The number of nitrogens with zero attached hydrogens (tertiary/aromatic N) is 2. The molecule has 2 heterocycles. The molecule has 2 aliphatic rings. The molecule has 0 spiro atoms. The first-order chi connectivity index (χ1) is 17.5. The standard InChI is InChI=1S/C28H27ClN2O5/c1-34-24-9-6-18(14-25(24)35-2)15-26-27(33)21-7-8-23(32)22(28(21)36-26)17-30-10-12-31(13-11-30)20-5-3-4-19(29)16-20/h3-9,14-16,32H,10-13,17H2,1-2H3/b26-15-. The highest BCUT2D eigenvalue weighted by molar-refractivity contribution is 6.30. The average molecular weight is 507 g/mol. The Morgan fingerprint density at radius 1 is 1.00 bits per heavy atom. The number of Topliss-reactive ketones (excluding diaryl/α,β-unsaturated/α-hetero) is 1. The second-order valence-electron chi connectivity index (χ2n) is 8.74. The van der Waals surface area contributed by atoms with Crippen LogP contribution in [0.25, 0.3) is 6.08 Å². The number of ketones is 1. The van der Waals surface area contributed by atoms with E-state index in [0.717, 1.165) is 42.5 Å². The summed E-state index contributed by atoms with van der Waals surface area (Å²) in [7, 11) is 3.13. The van der Waals surface area contributed by atoms with Gasteiger partial charge in [-0.15, -0.1) is 0 Å². The summed E-state index contributed by atoms with van der Waals surface area (Å²) in [6, 6.07) is 16.4.